The highest BCUT2D eigenvalue weighted by Gasteiger charge is 2.27. The van der Waals surface area contributed by atoms with E-state index in [1.165, 1.54) is 9.13 Å². The van der Waals surface area contributed by atoms with Gasteiger partial charge in [0, 0.05) is 46.7 Å². The Hall–Kier alpha value is -4.98. The third-order valence-electron chi connectivity index (χ3n) is 8.89. The summed E-state index contributed by atoms with van der Waals surface area (Å²) in [4.78, 5) is 39.5. The third-order valence-corrected chi connectivity index (χ3v) is 9.36. The summed E-state index contributed by atoms with van der Waals surface area (Å²) in [7, 11) is 1.85. The van der Waals surface area contributed by atoms with Crippen LogP contribution in [0.2, 0.25) is 10.0 Å². The molecule has 7 rings (SSSR count). The van der Waals surface area contributed by atoms with E-state index >= 15 is 0 Å². The van der Waals surface area contributed by atoms with Crippen LogP contribution < -0.4 is 21.2 Å². The highest BCUT2D eigenvalue weighted by Crippen LogP contribution is 2.34. The molecule has 1 fully saturated rings. The summed E-state index contributed by atoms with van der Waals surface area (Å²) in [5.41, 5.74) is 1.51. The molecular weight excluding hydrogens is 652 g/mol. The Kier molecular flexibility index (Phi) is 8.06. The standard InChI is InChI=1S/C36H30Cl2FN7O2/c1-36(21-40)14-3-4-27(18-36)46-30-16-23(37)7-11-28(30)32(41-34(46)47)43(2)19-22-5-9-26(10-6-22)45-31-17-24(38)8-12-29(31)33(42-35(45)48)44-15-13-25(39)20-44/h3-12,16-18,25H,13-15,19-20H2,1-2H3/t25-,36?/m1/s1. The van der Waals surface area contributed by atoms with Gasteiger partial charge in [-0.2, -0.15) is 15.2 Å². The van der Waals surface area contributed by atoms with Gasteiger partial charge in [-0.05, 0) is 86.0 Å². The number of nitriles is 1. The molecule has 2 atom stereocenters. The zero-order chi connectivity index (χ0) is 33.7. The van der Waals surface area contributed by atoms with Gasteiger partial charge in [0.2, 0.25) is 0 Å². The predicted octanol–water partition coefficient (Wildman–Crippen LogP) is 6.92. The Labute approximate surface area is 285 Å². The normalized spacial score (nSPS) is 19.1. The van der Waals surface area contributed by atoms with Crippen LogP contribution in [-0.2, 0) is 6.54 Å². The molecule has 2 aliphatic rings. The number of nitrogens with zero attached hydrogens (tertiary/aromatic N) is 7. The Morgan fingerprint density at radius 3 is 2.31 bits per heavy atom. The lowest BCUT2D eigenvalue weighted by atomic mass is 9.84. The Balaban J connectivity index is 1.23. The van der Waals surface area contributed by atoms with Gasteiger partial charge in [0.05, 0.1) is 34.7 Å². The number of alkyl halides is 1. The van der Waals surface area contributed by atoms with Crippen LogP contribution in [0.4, 0.5) is 16.0 Å². The number of hydrogen-bond donors (Lipinski definition) is 0. The maximum atomic E-state index is 14.0. The maximum Gasteiger partial charge on any atom is 0.354 e. The average Bonchev–Trinajstić information content (AvgIpc) is 3.50. The molecule has 0 bridgehead atoms. The topological polar surface area (TPSA) is 100 Å². The molecule has 1 aliphatic carbocycles. The summed E-state index contributed by atoms with van der Waals surface area (Å²) in [5, 5.41) is 12.1. The zero-order valence-electron chi connectivity index (χ0n) is 26.2. The van der Waals surface area contributed by atoms with Crippen LogP contribution in [0.3, 0.4) is 0 Å². The third kappa shape index (κ3) is 5.74. The van der Waals surface area contributed by atoms with Gasteiger partial charge in [-0.1, -0.05) is 41.4 Å². The first-order valence-electron chi connectivity index (χ1n) is 15.5. The number of rotatable bonds is 6. The van der Waals surface area contributed by atoms with E-state index < -0.39 is 23.0 Å². The second-order valence-corrected chi connectivity index (χ2v) is 13.4. The van der Waals surface area contributed by atoms with E-state index in [1.54, 1.807) is 30.3 Å². The van der Waals surface area contributed by atoms with E-state index in [0.717, 1.165) is 10.9 Å². The van der Waals surface area contributed by atoms with Crippen molar-refractivity contribution >= 4 is 62.3 Å². The fourth-order valence-corrected chi connectivity index (χ4v) is 6.81. The van der Waals surface area contributed by atoms with Crippen molar-refractivity contribution in [1.29, 1.82) is 5.26 Å². The van der Waals surface area contributed by atoms with E-state index in [2.05, 4.69) is 16.0 Å². The summed E-state index contributed by atoms with van der Waals surface area (Å²) in [6, 6.07) is 20.4. The number of aromatic nitrogens is 4. The number of hydrogen-bond acceptors (Lipinski definition) is 7. The van der Waals surface area contributed by atoms with Gasteiger partial charge in [0.15, 0.2) is 0 Å². The van der Waals surface area contributed by atoms with Crippen molar-refractivity contribution in [1.82, 2.24) is 19.1 Å². The number of halogens is 3. The van der Waals surface area contributed by atoms with Crippen molar-refractivity contribution in [3.05, 3.63) is 115 Å². The van der Waals surface area contributed by atoms with Crippen molar-refractivity contribution in [3.63, 3.8) is 0 Å². The molecule has 0 radical (unpaired) electrons. The second kappa shape index (κ2) is 12.2. The predicted molar refractivity (Wildman–Crippen MR) is 189 cm³/mol. The molecule has 1 saturated heterocycles. The maximum absolute atomic E-state index is 14.0. The Morgan fingerprint density at radius 1 is 0.979 bits per heavy atom. The molecule has 1 unspecified atom stereocenters. The minimum absolute atomic E-state index is 0.193. The first kappa shape index (κ1) is 31.6. The molecule has 12 heteroatoms. The Morgan fingerprint density at radius 2 is 1.65 bits per heavy atom. The molecule has 0 amide bonds. The average molecular weight is 683 g/mol. The molecule has 0 saturated carbocycles. The minimum atomic E-state index is -0.961. The van der Waals surface area contributed by atoms with E-state index in [1.807, 2.05) is 72.3 Å². The smallest absolute Gasteiger partial charge is 0.354 e. The SMILES string of the molecule is CN(Cc1ccc(-n2c(=O)nc(N3CC[C@@H](F)C3)c3ccc(Cl)cc32)cc1)c1nc(=O)n(C2=CC(C)(C#N)CC=C2)c2cc(Cl)ccc12. The second-order valence-electron chi connectivity index (χ2n) is 12.5. The number of allylic oxidation sites excluding steroid dienone is 4. The minimum Gasteiger partial charge on any atom is -0.355 e. The van der Waals surface area contributed by atoms with E-state index in [0.29, 0.717) is 75.4 Å². The highest BCUT2D eigenvalue weighted by atomic mass is 35.5. The molecule has 2 aromatic heterocycles. The molecule has 3 aromatic carbocycles. The quantitative estimate of drug-likeness (QED) is 0.192. The van der Waals surface area contributed by atoms with Crippen molar-refractivity contribution in [2.75, 3.05) is 29.9 Å². The van der Waals surface area contributed by atoms with Crippen LogP contribution in [0, 0.1) is 16.7 Å². The van der Waals surface area contributed by atoms with Crippen LogP contribution in [0.5, 0.6) is 0 Å². The fourth-order valence-electron chi connectivity index (χ4n) is 6.48. The van der Waals surface area contributed by atoms with Crippen LogP contribution in [0.25, 0.3) is 33.2 Å². The van der Waals surface area contributed by atoms with Gasteiger partial charge >= 0.3 is 11.4 Å². The summed E-state index contributed by atoms with van der Waals surface area (Å²) >= 11 is 12.8. The lowest BCUT2D eigenvalue weighted by Crippen LogP contribution is -2.29. The van der Waals surface area contributed by atoms with E-state index in [-0.39, 0.29) is 6.54 Å². The van der Waals surface area contributed by atoms with Gasteiger partial charge in [-0.3, -0.25) is 9.13 Å². The molecule has 242 valence electrons. The molecule has 9 nitrogen and oxygen atoms in total. The number of benzene rings is 3. The lowest BCUT2D eigenvalue weighted by molar-refractivity contribution is 0.364. The van der Waals surface area contributed by atoms with Crippen LogP contribution >= 0.6 is 23.2 Å². The van der Waals surface area contributed by atoms with Crippen molar-refractivity contribution in [2.24, 2.45) is 5.41 Å². The lowest BCUT2D eigenvalue weighted by Gasteiger charge is -2.24. The van der Waals surface area contributed by atoms with Gasteiger partial charge in [-0.25, -0.2) is 14.0 Å². The summed E-state index contributed by atoms with van der Waals surface area (Å²) < 4.78 is 17.0. The van der Waals surface area contributed by atoms with E-state index in [9.17, 15) is 19.2 Å². The van der Waals surface area contributed by atoms with Gasteiger partial charge < -0.3 is 9.80 Å². The van der Waals surface area contributed by atoms with E-state index in [4.69, 9.17) is 23.2 Å². The zero-order valence-corrected chi connectivity index (χ0v) is 27.7. The van der Waals surface area contributed by atoms with Crippen molar-refractivity contribution in [3.8, 4) is 11.8 Å². The van der Waals surface area contributed by atoms with Crippen molar-refractivity contribution in [2.45, 2.75) is 32.5 Å². The van der Waals surface area contributed by atoms with Gasteiger partial charge in [0.1, 0.15) is 17.8 Å². The molecule has 5 aromatic rings. The molecule has 0 N–H and O–H groups in total. The highest BCUT2D eigenvalue weighted by molar-refractivity contribution is 6.31. The van der Waals surface area contributed by atoms with Crippen molar-refractivity contribution < 1.29 is 4.39 Å². The summed E-state index contributed by atoms with van der Waals surface area (Å²) in [6.07, 6.45) is 5.48. The molecule has 48 heavy (non-hydrogen) atoms. The van der Waals surface area contributed by atoms with Crippen LogP contribution in [0.1, 0.15) is 25.3 Å². The van der Waals surface area contributed by atoms with Crippen LogP contribution in [-0.4, -0.2) is 45.4 Å². The Bertz CT molecular complexity index is 2330. The molecular formula is C36H30Cl2FN7O2. The first-order valence-corrected chi connectivity index (χ1v) is 16.2. The summed E-state index contributed by atoms with van der Waals surface area (Å²) in [5.74, 6) is 0.934. The van der Waals surface area contributed by atoms with Gasteiger partial charge in [-0.15, -0.1) is 0 Å². The monoisotopic (exact) mass is 681 g/mol. The molecule has 0 spiro atoms. The fraction of sp³-hybridized carbons (Fsp3) is 0.250. The first-order chi connectivity index (χ1) is 23.0. The number of anilines is 2. The largest absolute Gasteiger partial charge is 0.355 e. The van der Waals surface area contributed by atoms with Gasteiger partial charge in [0.25, 0.3) is 0 Å². The summed E-state index contributed by atoms with van der Waals surface area (Å²) in [6.45, 7) is 2.91. The number of fused-ring (bicyclic) bond motifs is 2. The van der Waals surface area contributed by atoms with Crippen LogP contribution in [0.15, 0.2) is 88.5 Å². The molecule has 3 heterocycles. The molecule has 1 aliphatic heterocycles.